The van der Waals surface area contributed by atoms with Gasteiger partial charge in [-0.05, 0) is 18.9 Å². The van der Waals surface area contributed by atoms with E-state index in [1.54, 1.807) is 4.90 Å². The number of halogens is 1. The lowest BCUT2D eigenvalue weighted by Crippen LogP contribution is -2.55. The summed E-state index contributed by atoms with van der Waals surface area (Å²) in [4.78, 5) is 14.6. The van der Waals surface area contributed by atoms with Gasteiger partial charge in [-0.3, -0.25) is 4.79 Å². The van der Waals surface area contributed by atoms with Crippen LogP contribution in [0.1, 0.15) is 50.4 Å². The first-order chi connectivity index (χ1) is 11.0. The Labute approximate surface area is 149 Å². The fourth-order valence-corrected chi connectivity index (χ4v) is 3.69. The predicted molar refractivity (Wildman–Crippen MR) is 99.3 cm³/mol. The number of hydrogen-bond acceptors (Lipinski definition) is 3. The number of fused-ring (bicyclic) bond motifs is 1. The molecule has 1 saturated carbocycles. The van der Waals surface area contributed by atoms with Crippen LogP contribution in [-0.2, 0) is 17.8 Å². The molecule has 2 aromatic rings. The quantitative estimate of drug-likeness (QED) is 0.905. The highest BCUT2D eigenvalue weighted by Crippen LogP contribution is 2.30. The van der Waals surface area contributed by atoms with Gasteiger partial charge >= 0.3 is 0 Å². The normalized spacial score (nSPS) is 16.6. The molecule has 0 unspecified atom stereocenters. The van der Waals surface area contributed by atoms with E-state index >= 15 is 0 Å². The van der Waals surface area contributed by atoms with Crippen molar-refractivity contribution in [2.45, 2.75) is 57.5 Å². The third-order valence-corrected chi connectivity index (χ3v) is 5.02. The topological polar surface area (TPSA) is 59.5 Å². The van der Waals surface area contributed by atoms with Crippen LogP contribution in [-0.4, -0.2) is 23.4 Å². The maximum atomic E-state index is 12.9. The largest absolute Gasteiger partial charge is 0.461 e. The summed E-state index contributed by atoms with van der Waals surface area (Å²) in [5.41, 5.74) is 7.72. The number of rotatable bonds is 4. The minimum Gasteiger partial charge on any atom is -0.461 e. The van der Waals surface area contributed by atoms with Gasteiger partial charge in [-0.25, -0.2) is 0 Å². The summed E-state index contributed by atoms with van der Waals surface area (Å²) in [7, 11) is 1.85. The first-order valence-corrected chi connectivity index (χ1v) is 8.59. The number of furan rings is 1. The molecule has 1 aromatic carbocycles. The average molecular weight is 351 g/mol. The molecular formula is C19H27ClN2O2. The third-order valence-electron chi connectivity index (χ3n) is 5.02. The number of nitrogens with two attached hydrogens (primary N) is 1. The van der Waals surface area contributed by atoms with Crippen LogP contribution >= 0.6 is 12.4 Å². The summed E-state index contributed by atoms with van der Waals surface area (Å²) in [6, 6.07) is 8.02. The van der Waals surface area contributed by atoms with Crippen molar-refractivity contribution < 1.29 is 9.21 Å². The monoisotopic (exact) mass is 350 g/mol. The van der Waals surface area contributed by atoms with Gasteiger partial charge in [0.2, 0.25) is 5.91 Å². The molecule has 1 aliphatic carbocycles. The van der Waals surface area contributed by atoms with Crippen molar-refractivity contribution in [1.82, 2.24) is 4.90 Å². The Morgan fingerprint density at radius 2 is 1.92 bits per heavy atom. The molecule has 132 valence electrons. The molecule has 1 aliphatic rings. The Morgan fingerprint density at radius 3 is 2.58 bits per heavy atom. The van der Waals surface area contributed by atoms with E-state index in [1.165, 1.54) is 6.42 Å². The van der Waals surface area contributed by atoms with Gasteiger partial charge in [0.1, 0.15) is 11.3 Å². The summed E-state index contributed by atoms with van der Waals surface area (Å²) in [5.74, 6) is 1.02. The Bertz CT molecular complexity index is 704. The second-order valence-electron chi connectivity index (χ2n) is 6.73. The molecule has 2 N–H and O–H groups in total. The molecule has 0 atom stereocenters. The van der Waals surface area contributed by atoms with Gasteiger partial charge in [-0.1, -0.05) is 44.4 Å². The van der Waals surface area contributed by atoms with Crippen LogP contribution < -0.4 is 5.73 Å². The maximum absolute atomic E-state index is 12.9. The van der Waals surface area contributed by atoms with E-state index < -0.39 is 5.54 Å². The SMILES string of the molecule is CCc1oc2ccccc2c1CN(C)C(=O)C1(N)CCCCC1.Cl. The van der Waals surface area contributed by atoms with E-state index in [4.69, 9.17) is 10.2 Å². The minimum absolute atomic E-state index is 0. The number of benzene rings is 1. The summed E-state index contributed by atoms with van der Waals surface area (Å²) in [6.45, 7) is 2.63. The molecule has 0 saturated heterocycles. The second-order valence-corrected chi connectivity index (χ2v) is 6.73. The molecule has 1 fully saturated rings. The first kappa shape index (κ1) is 18.8. The summed E-state index contributed by atoms with van der Waals surface area (Å²) >= 11 is 0. The van der Waals surface area contributed by atoms with Crippen LogP contribution in [0.2, 0.25) is 0 Å². The zero-order chi connectivity index (χ0) is 16.4. The Balaban J connectivity index is 0.00000208. The molecule has 0 spiro atoms. The molecule has 1 heterocycles. The molecule has 0 bridgehead atoms. The molecule has 4 nitrogen and oxygen atoms in total. The number of para-hydroxylation sites is 1. The summed E-state index contributed by atoms with van der Waals surface area (Å²) in [5, 5.41) is 1.10. The Morgan fingerprint density at radius 1 is 1.25 bits per heavy atom. The van der Waals surface area contributed by atoms with Crippen molar-refractivity contribution in [3.63, 3.8) is 0 Å². The second kappa shape index (κ2) is 7.58. The van der Waals surface area contributed by atoms with Crippen molar-refractivity contribution in [3.8, 4) is 0 Å². The van der Waals surface area contributed by atoms with E-state index in [1.807, 2.05) is 25.2 Å². The lowest BCUT2D eigenvalue weighted by Gasteiger charge is -2.35. The van der Waals surface area contributed by atoms with Crippen molar-refractivity contribution >= 4 is 29.3 Å². The zero-order valence-corrected chi connectivity index (χ0v) is 15.3. The molecular weight excluding hydrogens is 324 g/mol. The van der Waals surface area contributed by atoms with Crippen LogP contribution in [0.3, 0.4) is 0 Å². The zero-order valence-electron chi connectivity index (χ0n) is 14.5. The van der Waals surface area contributed by atoms with Gasteiger partial charge < -0.3 is 15.1 Å². The molecule has 5 heteroatoms. The summed E-state index contributed by atoms with van der Waals surface area (Å²) in [6.07, 6.45) is 5.68. The van der Waals surface area contributed by atoms with Crippen molar-refractivity contribution in [2.75, 3.05) is 7.05 Å². The molecule has 0 aliphatic heterocycles. The van der Waals surface area contributed by atoms with Gasteiger partial charge in [0.05, 0.1) is 5.54 Å². The first-order valence-electron chi connectivity index (χ1n) is 8.59. The number of carbonyl (C=O) groups is 1. The molecule has 1 aromatic heterocycles. The highest BCUT2D eigenvalue weighted by atomic mass is 35.5. The molecule has 1 amide bonds. The van der Waals surface area contributed by atoms with Crippen molar-refractivity contribution in [1.29, 1.82) is 0 Å². The third kappa shape index (κ3) is 3.45. The van der Waals surface area contributed by atoms with E-state index in [2.05, 4.69) is 13.0 Å². The lowest BCUT2D eigenvalue weighted by atomic mass is 9.81. The Kier molecular flexibility index (Phi) is 5.94. The number of carbonyl (C=O) groups excluding carboxylic acids is 1. The minimum atomic E-state index is -0.682. The Hall–Kier alpha value is -1.52. The predicted octanol–water partition coefficient (Wildman–Crippen LogP) is 4.04. The average Bonchev–Trinajstić information content (AvgIpc) is 2.92. The van der Waals surface area contributed by atoms with E-state index in [9.17, 15) is 4.79 Å². The number of likely N-dealkylation sites (N-methyl/N-ethyl adjacent to an activating group) is 1. The highest BCUT2D eigenvalue weighted by Gasteiger charge is 2.37. The number of amides is 1. The van der Waals surface area contributed by atoms with Crippen molar-refractivity contribution in [2.24, 2.45) is 5.73 Å². The standard InChI is InChI=1S/C19H26N2O2.ClH/c1-3-16-15(14-9-5-6-10-17(14)23-16)13-21(2)18(22)19(20)11-7-4-8-12-19;/h5-6,9-10H,3-4,7-8,11-13,20H2,1-2H3;1H. The number of nitrogens with zero attached hydrogens (tertiary/aromatic N) is 1. The number of hydrogen-bond donors (Lipinski definition) is 1. The van der Waals surface area contributed by atoms with Crippen molar-refractivity contribution in [3.05, 3.63) is 35.6 Å². The van der Waals surface area contributed by atoms with Gasteiger partial charge in [-0.15, -0.1) is 12.4 Å². The lowest BCUT2D eigenvalue weighted by molar-refractivity contribution is -0.137. The molecule has 3 rings (SSSR count). The highest BCUT2D eigenvalue weighted by molar-refractivity contribution is 5.87. The van der Waals surface area contributed by atoms with Crippen LogP contribution in [0, 0.1) is 0 Å². The van der Waals surface area contributed by atoms with E-state index in [-0.39, 0.29) is 18.3 Å². The van der Waals surface area contributed by atoms with Crippen LogP contribution in [0.4, 0.5) is 0 Å². The van der Waals surface area contributed by atoms with Crippen LogP contribution in [0.5, 0.6) is 0 Å². The molecule has 0 radical (unpaired) electrons. The van der Waals surface area contributed by atoms with Gasteiger partial charge in [0.15, 0.2) is 0 Å². The van der Waals surface area contributed by atoms with Crippen LogP contribution in [0.15, 0.2) is 28.7 Å². The maximum Gasteiger partial charge on any atom is 0.242 e. The smallest absolute Gasteiger partial charge is 0.242 e. The van der Waals surface area contributed by atoms with Gasteiger partial charge in [0, 0.05) is 31.0 Å². The fourth-order valence-electron chi connectivity index (χ4n) is 3.69. The van der Waals surface area contributed by atoms with Gasteiger partial charge in [0.25, 0.3) is 0 Å². The van der Waals surface area contributed by atoms with E-state index in [0.717, 1.165) is 54.4 Å². The fraction of sp³-hybridized carbons (Fsp3) is 0.526. The number of aryl methyl sites for hydroxylation is 1. The van der Waals surface area contributed by atoms with Gasteiger partial charge in [-0.2, -0.15) is 0 Å². The van der Waals surface area contributed by atoms with Crippen LogP contribution in [0.25, 0.3) is 11.0 Å². The van der Waals surface area contributed by atoms with E-state index in [0.29, 0.717) is 6.54 Å². The summed E-state index contributed by atoms with van der Waals surface area (Å²) < 4.78 is 5.93. The molecule has 24 heavy (non-hydrogen) atoms.